The molecule has 0 aliphatic rings. The molecule has 0 fully saturated rings. The molecule has 18 heavy (non-hydrogen) atoms. The first-order valence-corrected chi connectivity index (χ1v) is 9.67. The summed E-state index contributed by atoms with van der Waals surface area (Å²) in [5.74, 6) is 0.219. The standard InChI is InChI=1S/C16H28OSi/c1-14(12-15-10-8-7-9-11-15)13-17-18(5,6)16(2,3)4/h7-11,14H,12-13H2,1-6H3/t14-/m1/s1/i12D/t12-,14+/m0. The van der Waals surface area contributed by atoms with Crippen molar-refractivity contribution >= 4 is 8.32 Å². The van der Waals surface area contributed by atoms with Gasteiger partial charge in [-0.2, -0.15) is 0 Å². The molecule has 0 aliphatic heterocycles. The van der Waals surface area contributed by atoms with E-state index in [0.29, 0.717) is 6.61 Å². The van der Waals surface area contributed by atoms with E-state index in [1.165, 1.54) is 0 Å². The van der Waals surface area contributed by atoms with Crippen LogP contribution in [0, 0.1) is 5.92 Å². The summed E-state index contributed by atoms with van der Waals surface area (Å²) in [5.41, 5.74) is 1.08. The summed E-state index contributed by atoms with van der Waals surface area (Å²) < 4.78 is 14.5. The van der Waals surface area contributed by atoms with Gasteiger partial charge in [-0.05, 0) is 36.0 Å². The van der Waals surface area contributed by atoms with Crippen molar-refractivity contribution in [3.63, 3.8) is 0 Å². The topological polar surface area (TPSA) is 9.23 Å². The molecule has 0 N–H and O–H groups in total. The Morgan fingerprint density at radius 2 is 1.78 bits per heavy atom. The van der Waals surface area contributed by atoms with Crippen LogP contribution in [0.25, 0.3) is 0 Å². The molecule has 0 amide bonds. The highest BCUT2D eigenvalue weighted by Gasteiger charge is 2.37. The predicted octanol–water partition coefficient (Wildman–Crippen LogP) is 4.89. The average molecular weight is 265 g/mol. The molecule has 1 rings (SSSR count). The second-order valence-corrected chi connectivity index (χ2v) is 11.4. The van der Waals surface area contributed by atoms with E-state index in [0.717, 1.165) is 5.56 Å². The van der Waals surface area contributed by atoms with Crippen molar-refractivity contribution in [1.82, 2.24) is 0 Å². The fraction of sp³-hybridized carbons (Fsp3) is 0.625. The third kappa shape index (κ3) is 4.58. The maximum Gasteiger partial charge on any atom is 0.191 e. The van der Waals surface area contributed by atoms with Crippen LogP contribution in [0.5, 0.6) is 0 Å². The fourth-order valence-corrected chi connectivity index (χ4v) is 2.61. The van der Waals surface area contributed by atoms with Gasteiger partial charge >= 0.3 is 0 Å². The van der Waals surface area contributed by atoms with E-state index in [1.54, 1.807) is 0 Å². The Kier molecular flexibility index (Phi) is 4.63. The lowest BCUT2D eigenvalue weighted by Crippen LogP contribution is -2.41. The van der Waals surface area contributed by atoms with Crippen LogP contribution in [0.4, 0.5) is 0 Å². The Morgan fingerprint density at radius 1 is 1.22 bits per heavy atom. The van der Waals surface area contributed by atoms with Crippen molar-refractivity contribution in [2.45, 2.75) is 52.2 Å². The molecule has 0 unspecified atom stereocenters. The Bertz CT molecular complexity index is 383. The van der Waals surface area contributed by atoms with E-state index in [4.69, 9.17) is 5.80 Å². The van der Waals surface area contributed by atoms with Crippen LogP contribution in [-0.4, -0.2) is 14.9 Å². The lowest BCUT2D eigenvalue weighted by atomic mass is 10.0. The molecule has 0 saturated heterocycles. The molecule has 0 aromatic heterocycles. The van der Waals surface area contributed by atoms with Gasteiger partial charge in [0.1, 0.15) is 0 Å². The van der Waals surface area contributed by atoms with Crippen LogP contribution in [0.1, 0.15) is 34.6 Å². The normalized spacial score (nSPS) is 17.1. The summed E-state index contributed by atoms with van der Waals surface area (Å²) in [6.45, 7) is 14.1. The molecule has 0 saturated carbocycles. The van der Waals surface area contributed by atoms with Gasteiger partial charge in [-0.25, -0.2) is 0 Å². The van der Waals surface area contributed by atoms with E-state index in [2.05, 4.69) is 40.8 Å². The van der Waals surface area contributed by atoms with Crippen LogP contribution in [-0.2, 0) is 10.8 Å². The molecule has 1 nitrogen and oxygen atoms in total. The maximum atomic E-state index is 8.32. The van der Waals surface area contributed by atoms with Gasteiger partial charge in [0.25, 0.3) is 0 Å². The molecule has 102 valence electrons. The summed E-state index contributed by atoms with van der Waals surface area (Å²) >= 11 is 0. The first-order valence-electron chi connectivity index (χ1n) is 7.34. The van der Waals surface area contributed by atoms with E-state index < -0.39 is 8.32 Å². The van der Waals surface area contributed by atoms with Crippen molar-refractivity contribution in [3.05, 3.63) is 35.9 Å². The van der Waals surface area contributed by atoms with Crippen molar-refractivity contribution in [2.24, 2.45) is 5.92 Å². The fourth-order valence-electron chi connectivity index (χ4n) is 1.50. The van der Waals surface area contributed by atoms with Gasteiger partial charge in [0, 0.05) is 7.98 Å². The lowest BCUT2D eigenvalue weighted by molar-refractivity contribution is 0.237. The monoisotopic (exact) mass is 265 g/mol. The SMILES string of the molecule is [2H][C@H](c1ccccc1)[C@@H](C)CO[Si](C)(C)C(C)(C)C. The van der Waals surface area contributed by atoms with Gasteiger partial charge in [-0.15, -0.1) is 0 Å². The van der Waals surface area contributed by atoms with Gasteiger partial charge in [0.2, 0.25) is 0 Å². The average Bonchev–Trinajstić information content (AvgIpc) is 2.35. The number of hydrogen-bond acceptors (Lipinski definition) is 1. The van der Waals surface area contributed by atoms with Crippen LogP contribution in [0.15, 0.2) is 30.3 Å². The highest BCUT2D eigenvalue weighted by atomic mass is 28.4. The summed E-state index contributed by atoms with van der Waals surface area (Å²) in [5, 5.41) is 0.233. The van der Waals surface area contributed by atoms with E-state index >= 15 is 0 Å². The first kappa shape index (κ1) is 13.8. The van der Waals surface area contributed by atoms with Gasteiger partial charge in [-0.1, -0.05) is 58.0 Å². The van der Waals surface area contributed by atoms with E-state index in [-0.39, 0.29) is 17.4 Å². The Labute approximate surface area is 115 Å². The second-order valence-electron chi connectivity index (χ2n) is 6.63. The van der Waals surface area contributed by atoms with Crippen molar-refractivity contribution in [1.29, 1.82) is 0 Å². The predicted molar refractivity (Wildman–Crippen MR) is 82.5 cm³/mol. The molecule has 1 aromatic rings. The van der Waals surface area contributed by atoms with Gasteiger partial charge in [-0.3, -0.25) is 0 Å². The molecular formula is C16H28OSi. The smallest absolute Gasteiger partial charge is 0.191 e. The minimum atomic E-state index is -1.70. The van der Waals surface area contributed by atoms with E-state index in [9.17, 15) is 0 Å². The number of rotatable bonds is 5. The second kappa shape index (κ2) is 6.03. The highest BCUT2D eigenvalue weighted by Crippen LogP contribution is 2.36. The molecule has 2 atom stereocenters. The van der Waals surface area contributed by atoms with Crippen LogP contribution in [0.2, 0.25) is 18.1 Å². The molecule has 0 radical (unpaired) electrons. The van der Waals surface area contributed by atoms with Crippen molar-refractivity contribution in [2.75, 3.05) is 6.61 Å². The molecule has 2 heteroatoms. The minimum Gasteiger partial charge on any atom is -0.417 e. The lowest BCUT2D eigenvalue weighted by Gasteiger charge is -2.37. The molecule has 0 spiro atoms. The van der Waals surface area contributed by atoms with Crippen LogP contribution >= 0.6 is 0 Å². The van der Waals surface area contributed by atoms with Gasteiger partial charge in [0.05, 0.1) is 0 Å². The Morgan fingerprint density at radius 3 is 2.28 bits per heavy atom. The highest BCUT2D eigenvalue weighted by molar-refractivity contribution is 6.74. The molecular weight excluding hydrogens is 236 g/mol. The third-order valence-corrected chi connectivity index (χ3v) is 8.29. The zero-order valence-electron chi connectivity index (χ0n) is 13.7. The van der Waals surface area contributed by atoms with E-state index in [1.807, 2.05) is 30.3 Å². The molecule has 0 aliphatic carbocycles. The summed E-state index contributed by atoms with van der Waals surface area (Å²) in [6, 6.07) is 10.0. The minimum absolute atomic E-state index is 0.203. The van der Waals surface area contributed by atoms with Crippen molar-refractivity contribution in [3.8, 4) is 0 Å². The quantitative estimate of drug-likeness (QED) is 0.689. The van der Waals surface area contributed by atoms with Crippen LogP contribution < -0.4 is 0 Å². The Hall–Kier alpha value is -0.603. The Balaban J connectivity index is 2.59. The van der Waals surface area contributed by atoms with Gasteiger partial charge < -0.3 is 4.43 Å². The first-order chi connectivity index (χ1) is 8.65. The zero-order valence-corrected chi connectivity index (χ0v) is 13.7. The van der Waals surface area contributed by atoms with Gasteiger partial charge in [0.15, 0.2) is 8.32 Å². The molecule has 0 bridgehead atoms. The summed E-state index contributed by atoms with van der Waals surface area (Å²) in [4.78, 5) is 0. The maximum absolute atomic E-state index is 8.32. The third-order valence-electron chi connectivity index (χ3n) is 3.79. The number of hydrogen-bond donors (Lipinski definition) is 0. The summed E-state index contributed by atoms with van der Waals surface area (Å²) in [6.07, 6.45) is -0.203. The number of benzene rings is 1. The van der Waals surface area contributed by atoms with Crippen LogP contribution in [0.3, 0.4) is 0 Å². The van der Waals surface area contributed by atoms with Crippen molar-refractivity contribution < 1.29 is 5.80 Å². The zero-order chi connectivity index (χ0) is 14.7. The molecule has 0 heterocycles. The largest absolute Gasteiger partial charge is 0.417 e. The summed E-state index contributed by atoms with van der Waals surface area (Å²) in [7, 11) is -1.70. The molecule has 1 aromatic carbocycles.